The number of hydrogen-bond acceptors (Lipinski definition) is 5. The Hall–Kier alpha value is -3.29. The quantitative estimate of drug-likeness (QED) is 0.342. The summed E-state index contributed by atoms with van der Waals surface area (Å²) in [6.45, 7) is 4.49. The fourth-order valence-electron chi connectivity index (χ4n) is 5.11. The summed E-state index contributed by atoms with van der Waals surface area (Å²) in [5, 5.41) is 12.4. The van der Waals surface area contributed by atoms with Crippen LogP contribution in [0.2, 0.25) is 0 Å². The molecule has 0 spiro atoms. The van der Waals surface area contributed by atoms with E-state index in [1.807, 2.05) is 60.9 Å². The number of rotatable bonds is 12. The third-order valence-electron chi connectivity index (χ3n) is 7.22. The maximum atomic E-state index is 13.4. The molecule has 2 N–H and O–H groups in total. The van der Waals surface area contributed by atoms with Gasteiger partial charge in [-0.05, 0) is 92.1 Å². The number of carbonyl (C=O) groups excluding carboxylic acids is 1. The fourth-order valence-corrected chi connectivity index (χ4v) is 5.58. The highest BCUT2D eigenvalue weighted by Crippen LogP contribution is 2.30. The van der Waals surface area contributed by atoms with Crippen molar-refractivity contribution in [1.29, 1.82) is 0 Å². The first kappa shape index (κ1) is 28.7. The third-order valence-corrected chi connectivity index (χ3v) is 7.86. The summed E-state index contributed by atoms with van der Waals surface area (Å²) < 4.78 is 6.07. The molecule has 2 aromatic carbocycles. The van der Waals surface area contributed by atoms with Crippen LogP contribution in [0.25, 0.3) is 5.57 Å². The van der Waals surface area contributed by atoms with Crippen LogP contribution in [-0.2, 0) is 11.3 Å². The molecule has 1 saturated heterocycles. The third kappa shape index (κ3) is 8.10. The number of ether oxygens (including phenoxy) is 1. The lowest BCUT2D eigenvalue weighted by molar-refractivity contribution is -0.139. The number of nitrogens with zero attached hydrogens (tertiary/aromatic N) is 1. The van der Waals surface area contributed by atoms with E-state index < -0.39 is 12.0 Å². The molecule has 1 aliphatic carbocycles. The van der Waals surface area contributed by atoms with Gasteiger partial charge in [0, 0.05) is 18.2 Å². The maximum Gasteiger partial charge on any atom is 0.326 e. The van der Waals surface area contributed by atoms with E-state index in [1.165, 1.54) is 5.57 Å². The summed E-state index contributed by atoms with van der Waals surface area (Å²) in [6, 6.07) is 15.3. The van der Waals surface area contributed by atoms with Crippen molar-refractivity contribution >= 4 is 29.2 Å². The fraction of sp³-hybridized carbons (Fsp3) is 0.375. The summed E-state index contributed by atoms with van der Waals surface area (Å²) in [7, 11) is 0. The number of allylic oxidation sites excluding steroid dienone is 6. The Morgan fingerprint density at radius 2 is 1.95 bits per heavy atom. The number of thioether (sulfide) groups is 1. The van der Waals surface area contributed by atoms with Crippen LogP contribution in [0.5, 0.6) is 5.75 Å². The van der Waals surface area contributed by atoms with Gasteiger partial charge in [-0.1, -0.05) is 54.1 Å². The molecule has 0 bridgehead atoms. The van der Waals surface area contributed by atoms with Gasteiger partial charge in [0.25, 0.3) is 5.91 Å². The minimum Gasteiger partial charge on any atom is -0.492 e. The van der Waals surface area contributed by atoms with Crippen molar-refractivity contribution < 1.29 is 19.4 Å². The van der Waals surface area contributed by atoms with Gasteiger partial charge >= 0.3 is 5.97 Å². The molecular formula is C32H38N2O4S. The predicted octanol–water partition coefficient (Wildman–Crippen LogP) is 5.96. The maximum absolute atomic E-state index is 13.4. The SMILES string of the molecule is CSCCC(NC(=O)c1ccc(CN2CCCC2COc2ccccc2)cc1C1=CC=CC=C(C)C1)C(=O)O. The van der Waals surface area contributed by atoms with Crippen LogP contribution in [0.3, 0.4) is 0 Å². The lowest BCUT2D eigenvalue weighted by atomic mass is 9.92. The lowest BCUT2D eigenvalue weighted by Crippen LogP contribution is -2.41. The Labute approximate surface area is 235 Å². The average Bonchev–Trinajstić information content (AvgIpc) is 3.26. The van der Waals surface area contributed by atoms with Crippen LogP contribution in [-0.4, -0.2) is 59.1 Å². The Morgan fingerprint density at radius 1 is 1.15 bits per heavy atom. The Kier molecular flexibility index (Phi) is 10.5. The van der Waals surface area contributed by atoms with E-state index in [4.69, 9.17) is 4.74 Å². The van der Waals surface area contributed by atoms with Gasteiger partial charge in [-0.3, -0.25) is 9.69 Å². The van der Waals surface area contributed by atoms with Crippen molar-refractivity contribution in [1.82, 2.24) is 10.2 Å². The molecule has 39 heavy (non-hydrogen) atoms. The van der Waals surface area contributed by atoms with Crippen molar-refractivity contribution in [3.63, 3.8) is 0 Å². The van der Waals surface area contributed by atoms with E-state index in [0.29, 0.717) is 30.4 Å². The standard InChI is InChI=1S/C32H38N2O4S/c1-23-9-6-7-10-25(19-23)29-20-24(14-15-28(29)31(35)33-30(32(36)37)16-18-39-2)21-34-17-8-11-26(34)22-38-27-12-4-3-5-13-27/h3-7,9-10,12-15,20,26,30H,8,11,16-19,21-22H2,1-2H3,(H,33,35)(H,36,37). The number of aliphatic carboxylic acids is 1. The number of carboxylic acid groups (broad SMARTS) is 1. The molecule has 2 atom stereocenters. The van der Waals surface area contributed by atoms with E-state index >= 15 is 0 Å². The number of amides is 1. The average molecular weight is 547 g/mol. The number of nitrogens with one attached hydrogen (secondary N) is 1. The smallest absolute Gasteiger partial charge is 0.326 e. The molecule has 1 aliphatic heterocycles. The van der Waals surface area contributed by atoms with Crippen molar-refractivity contribution in [3.8, 4) is 5.75 Å². The normalized spacial score (nSPS) is 18.2. The highest BCUT2D eigenvalue weighted by atomic mass is 32.2. The Morgan fingerprint density at radius 3 is 2.72 bits per heavy atom. The first-order chi connectivity index (χ1) is 18.9. The summed E-state index contributed by atoms with van der Waals surface area (Å²) in [4.78, 5) is 27.7. The predicted molar refractivity (Wildman–Crippen MR) is 159 cm³/mol. The van der Waals surface area contributed by atoms with Gasteiger partial charge in [-0.25, -0.2) is 4.79 Å². The summed E-state index contributed by atoms with van der Waals surface area (Å²) >= 11 is 1.57. The minimum atomic E-state index is -1.01. The first-order valence-corrected chi connectivity index (χ1v) is 14.9. The molecule has 1 amide bonds. The highest BCUT2D eigenvalue weighted by Gasteiger charge is 2.27. The zero-order chi connectivity index (χ0) is 27.6. The van der Waals surface area contributed by atoms with E-state index in [9.17, 15) is 14.7 Å². The number of para-hydroxylation sites is 1. The molecule has 2 aromatic rings. The first-order valence-electron chi connectivity index (χ1n) is 13.6. The summed E-state index contributed by atoms with van der Waals surface area (Å²) in [6.07, 6.45) is 13.4. The van der Waals surface area contributed by atoms with Gasteiger partial charge in [0.2, 0.25) is 0 Å². The molecule has 4 rings (SSSR count). The molecule has 1 heterocycles. The van der Waals surface area contributed by atoms with Gasteiger partial charge in [0.1, 0.15) is 18.4 Å². The Balaban J connectivity index is 1.56. The van der Waals surface area contributed by atoms with E-state index in [-0.39, 0.29) is 5.91 Å². The molecule has 2 unspecified atom stereocenters. The van der Waals surface area contributed by atoms with Crippen LogP contribution >= 0.6 is 11.8 Å². The largest absolute Gasteiger partial charge is 0.492 e. The second-order valence-electron chi connectivity index (χ2n) is 10.2. The van der Waals surface area contributed by atoms with Crippen LogP contribution < -0.4 is 10.1 Å². The lowest BCUT2D eigenvalue weighted by Gasteiger charge is -2.25. The molecule has 7 heteroatoms. The molecule has 1 fully saturated rings. The number of hydrogen-bond donors (Lipinski definition) is 2. The van der Waals surface area contributed by atoms with Crippen LogP contribution in [0.4, 0.5) is 0 Å². The molecule has 2 aliphatic rings. The molecular weight excluding hydrogens is 508 g/mol. The second-order valence-corrected chi connectivity index (χ2v) is 11.2. The second kappa shape index (κ2) is 14.2. The molecule has 0 saturated carbocycles. The summed E-state index contributed by atoms with van der Waals surface area (Å²) in [5.41, 5.74) is 4.74. The molecule has 0 aromatic heterocycles. The van der Waals surface area contributed by atoms with Crippen molar-refractivity contribution in [2.75, 3.05) is 25.2 Å². The van der Waals surface area contributed by atoms with E-state index in [1.54, 1.807) is 11.8 Å². The number of benzene rings is 2. The molecule has 6 nitrogen and oxygen atoms in total. The Bertz CT molecular complexity index is 1240. The summed E-state index contributed by atoms with van der Waals surface area (Å²) in [5.74, 6) is 0.185. The van der Waals surface area contributed by atoms with Gasteiger partial charge in [-0.15, -0.1) is 0 Å². The van der Waals surface area contributed by atoms with Gasteiger partial charge in [-0.2, -0.15) is 11.8 Å². The topological polar surface area (TPSA) is 78.9 Å². The number of carbonyl (C=O) groups is 2. The number of likely N-dealkylation sites (tertiary alicyclic amines) is 1. The van der Waals surface area contributed by atoms with E-state index in [2.05, 4.69) is 35.4 Å². The minimum absolute atomic E-state index is 0.328. The zero-order valence-corrected chi connectivity index (χ0v) is 23.6. The van der Waals surface area contributed by atoms with Crippen molar-refractivity contribution in [3.05, 3.63) is 95.1 Å². The van der Waals surface area contributed by atoms with Gasteiger partial charge in [0.15, 0.2) is 0 Å². The van der Waals surface area contributed by atoms with Gasteiger partial charge in [0.05, 0.1) is 0 Å². The van der Waals surface area contributed by atoms with Crippen molar-refractivity contribution in [2.24, 2.45) is 0 Å². The van der Waals surface area contributed by atoms with Crippen LogP contribution in [0.1, 0.15) is 54.1 Å². The van der Waals surface area contributed by atoms with E-state index in [0.717, 1.165) is 54.8 Å². The zero-order valence-electron chi connectivity index (χ0n) is 22.8. The van der Waals surface area contributed by atoms with Gasteiger partial charge < -0.3 is 15.2 Å². The molecule has 0 radical (unpaired) electrons. The highest BCUT2D eigenvalue weighted by molar-refractivity contribution is 7.98. The molecule has 206 valence electrons. The van der Waals surface area contributed by atoms with Crippen LogP contribution in [0, 0.1) is 0 Å². The number of carboxylic acids is 1. The monoisotopic (exact) mass is 546 g/mol. The van der Waals surface area contributed by atoms with Crippen molar-refractivity contribution in [2.45, 2.75) is 51.2 Å². The van der Waals surface area contributed by atoms with Crippen LogP contribution in [0.15, 0.2) is 78.4 Å².